The first-order chi connectivity index (χ1) is 17.2. The summed E-state index contributed by atoms with van der Waals surface area (Å²) in [5, 5.41) is 2.49. The van der Waals surface area contributed by atoms with Crippen molar-refractivity contribution in [3.05, 3.63) is 94.8 Å². The van der Waals surface area contributed by atoms with E-state index in [1.165, 1.54) is 24.1 Å². The lowest BCUT2D eigenvalue weighted by atomic mass is 10.1. The maximum absolute atomic E-state index is 12.9. The highest BCUT2D eigenvalue weighted by Gasteiger charge is 2.37. The van der Waals surface area contributed by atoms with Crippen LogP contribution in [0.4, 0.5) is 0 Å². The fourth-order valence-electron chi connectivity index (χ4n) is 3.28. The second kappa shape index (κ2) is 11.7. The van der Waals surface area contributed by atoms with Crippen molar-refractivity contribution in [3.8, 4) is 5.75 Å². The molecular formula is C25H19Cl3N2O4S2. The summed E-state index contributed by atoms with van der Waals surface area (Å²) in [7, 11) is 0. The zero-order chi connectivity index (χ0) is 25.7. The van der Waals surface area contributed by atoms with Gasteiger partial charge in [-0.1, -0.05) is 101 Å². The van der Waals surface area contributed by atoms with Gasteiger partial charge in [0.2, 0.25) is 10.0 Å². The van der Waals surface area contributed by atoms with Crippen LogP contribution in [-0.4, -0.2) is 37.6 Å². The van der Waals surface area contributed by atoms with Gasteiger partial charge >= 0.3 is 0 Å². The van der Waals surface area contributed by atoms with Crippen LogP contribution in [0, 0.1) is 0 Å². The van der Waals surface area contributed by atoms with Crippen LogP contribution in [0.1, 0.15) is 21.7 Å². The molecule has 0 saturated carbocycles. The van der Waals surface area contributed by atoms with Gasteiger partial charge in [0, 0.05) is 6.54 Å². The molecule has 0 unspecified atom stereocenters. The Morgan fingerprint density at radius 3 is 2.47 bits per heavy atom. The minimum atomic E-state index is -1.95. The van der Waals surface area contributed by atoms with Crippen LogP contribution in [-0.2, 0) is 11.2 Å². The van der Waals surface area contributed by atoms with Crippen molar-refractivity contribution in [3.63, 3.8) is 0 Å². The molecule has 11 heteroatoms. The van der Waals surface area contributed by atoms with E-state index in [9.17, 15) is 9.59 Å². The zero-order valence-corrected chi connectivity index (χ0v) is 22.4. The van der Waals surface area contributed by atoms with E-state index in [4.69, 9.17) is 56.2 Å². The van der Waals surface area contributed by atoms with Crippen LogP contribution in [0.3, 0.4) is 0 Å². The van der Waals surface area contributed by atoms with Gasteiger partial charge in [0.15, 0.2) is 5.76 Å². The number of rotatable bonds is 8. The smallest absolute Gasteiger partial charge is 0.289 e. The van der Waals surface area contributed by atoms with Crippen molar-refractivity contribution in [2.75, 3.05) is 6.54 Å². The number of halogens is 3. The molecule has 1 N–H and O–H groups in total. The molecular weight excluding hydrogens is 563 g/mol. The van der Waals surface area contributed by atoms with E-state index in [2.05, 4.69) is 5.32 Å². The number of ether oxygens (including phenoxy) is 1. The first-order valence-corrected chi connectivity index (χ1v) is 13.0. The third-order valence-electron chi connectivity index (χ3n) is 5.08. The molecule has 0 radical (unpaired) electrons. The SMILES string of the molecule is O=C(N[C@@H](Oc1ccc(/C=C2\SC(=S)N(CCc3ccccc3)C2=O)cc1)C(Cl)(Cl)Cl)c1ccco1. The number of hydrogen-bond acceptors (Lipinski definition) is 6. The second-order valence-corrected chi connectivity index (χ2v) is 11.7. The number of nitrogens with one attached hydrogen (secondary N) is 1. The van der Waals surface area contributed by atoms with E-state index >= 15 is 0 Å². The number of thiocarbonyl (C=S) groups is 1. The Hall–Kier alpha value is -2.49. The average Bonchev–Trinajstić information content (AvgIpc) is 3.47. The number of amides is 2. The van der Waals surface area contributed by atoms with E-state index in [0.29, 0.717) is 27.9 Å². The molecule has 3 aromatic rings. The molecule has 1 saturated heterocycles. The summed E-state index contributed by atoms with van der Waals surface area (Å²) in [4.78, 5) is 27.3. The summed E-state index contributed by atoms with van der Waals surface area (Å²) in [5.41, 5.74) is 1.90. The molecule has 2 amide bonds. The topological polar surface area (TPSA) is 71.8 Å². The number of alkyl halides is 3. The second-order valence-electron chi connectivity index (χ2n) is 7.63. The quantitative estimate of drug-likeness (QED) is 0.147. The van der Waals surface area contributed by atoms with Gasteiger partial charge < -0.3 is 14.5 Å². The number of carbonyl (C=O) groups excluding carboxylic acids is 2. The molecule has 1 atom stereocenters. The van der Waals surface area contributed by atoms with Gasteiger partial charge in [-0.25, -0.2) is 0 Å². The van der Waals surface area contributed by atoms with Crippen molar-refractivity contribution < 1.29 is 18.7 Å². The molecule has 2 aromatic carbocycles. The molecule has 1 aromatic heterocycles. The third kappa shape index (κ3) is 6.83. The Morgan fingerprint density at radius 1 is 1.11 bits per heavy atom. The Morgan fingerprint density at radius 2 is 1.83 bits per heavy atom. The molecule has 6 nitrogen and oxygen atoms in total. The molecule has 4 rings (SSSR count). The van der Waals surface area contributed by atoms with Crippen LogP contribution in [0.2, 0.25) is 0 Å². The summed E-state index contributed by atoms with van der Waals surface area (Å²) >= 11 is 24.7. The maximum Gasteiger partial charge on any atom is 0.289 e. The largest absolute Gasteiger partial charge is 0.466 e. The minimum Gasteiger partial charge on any atom is -0.466 e. The normalized spacial score (nSPS) is 15.9. The fraction of sp³-hybridized carbons (Fsp3) is 0.160. The van der Waals surface area contributed by atoms with E-state index in [1.807, 2.05) is 30.3 Å². The number of thioether (sulfide) groups is 1. The molecule has 186 valence electrons. The van der Waals surface area contributed by atoms with Gasteiger partial charge in [0.25, 0.3) is 11.8 Å². The van der Waals surface area contributed by atoms with E-state index in [0.717, 1.165) is 11.1 Å². The fourth-order valence-corrected chi connectivity index (χ4v) is 4.89. The lowest BCUT2D eigenvalue weighted by Gasteiger charge is -2.26. The van der Waals surface area contributed by atoms with Crippen LogP contribution < -0.4 is 10.1 Å². The maximum atomic E-state index is 12.9. The molecule has 1 aliphatic rings. The Labute approximate surface area is 232 Å². The number of furan rings is 1. The molecule has 1 fully saturated rings. The highest BCUT2D eigenvalue weighted by Crippen LogP contribution is 2.34. The van der Waals surface area contributed by atoms with E-state index in [-0.39, 0.29) is 11.7 Å². The standard InChI is InChI=1S/C25H19Cl3N2O4S2/c26-25(27,28)23(29-21(31)19-7-4-14-33-19)34-18-10-8-17(9-11-18)15-20-22(32)30(24(35)36-20)13-12-16-5-2-1-3-6-16/h1-11,14-15,23H,12-13H2,(H,29,31)/b20-15-/t23-/m0/s1. The monoisotopic (exact) mass is 580 g/mol. The molecule has 36 heavy (non-hydrogen) atoms. The predicted molar refractivity (Wildman–Crippen MR) is 147 cm³/mol. The number of hydrogen-bond donors (Lipinski definition) is 1. The van der Waals surface area contributed by atoms with Gasteiger partial charge in [0.05, 0.1) is 11.2 Å². The minimum absolute atomic E-state index is 0.0503. The van der Waals surface area contributed by atoms with Gasteiger partial charge in [-0.05, 0) is 47.9 Å². The van der Waals surface area contributed by atoms with Crippen LogP contribution in [0.25, 0.3) is 6.08 Å². The van der Waals surface area contributed by atoms with Crippen molar-refractivity contribution in [2.24, 2.45) is 0 Å². The lowest BCUT2D eigenvalue weighted by Crippen LogP contribution is -2.47. The van der Waals surface area contributed by atoms with Gasteiger partial charge in [-0.15, -0.1) is 0 Å². The summed E-state index contributed by atoms with van der Waals surface area (Å²) in [6.45, 7) is 0.515. The third-order valence-corrected chi connectivity index (χ3v) is 7.05. The molecule has 0 aliphatic carbocycles. The molecule has 2 heterocycles. The zero-order valence-electron chi connectivity index (χ0n) is 18.5. The predicted octanol–water partition coefficient (Wildman–Crippen LogP) is 6.23. The van der Waals surface area contributed by atoms with Crippen molar-refractivity contribution in [2.45, 2.75) is 16.4 Å². The Bertz CT molecular complexity index is 1260. The van der Waals surface area contributed by atoms with Gasteiger partial charge in [0.1, 0.15) is 10.1 Å². The first-order valence-electron chi connectivity index (χ1n) is 10.7. The molecule has 0 bridgehead atoms. The Kier molecular flexibility index (Phi) is 8.64. The van der Waals surface area contributed by atoms with Crippen LogP contribution in [0.5, 0.6) is 5.75 Å². The highest BCUT2D eigenvalue weighted by molar-refractivity contribution is 8.26. The number of nitrogens with zero attached hydrogens (tertiary/aromatic N) is 1. The van der Waals surface area contributed by atoms with Crippen LogP contribution >= 0.6 is 58.8 Å². The van der Waals surface area contributed by atoms with Crippen molar-refractivity contribution in [1.29, 1.82) is 0 Å². The number of benzene rings is 2. The van der Waals surface area contributed by atoms with E-state index in [1.54, 1.807) is 41.3 Å². The summed E-state index contributed by atoms with van der Waals surface area (Å²) in [5.74, 6) is -0.326. The van der Waals surface area contributed by atoms with E-state index < -0.39 is 15.9 Å². The van der Waals surface area contributed by atoms with Gasteiger partial charge in [-0.2, -0.15) is 0 Å². The summed E-state index contributed by atoms with van der Waals surface area (Å²) < 4.78 is 9.34. The molecule has 0 spiro atoms. The first kappa shape index (κ1) is 26.6. The Balaban J connectivity index is 1.40. The average molecular weight is 582 g/mol. The van der Waals surface area contributed by atoms with Gasteiger partial charge in [-0.3, -0.25) is 14.5 Å². The number of carbonyl (C=O) groups is 2. The van der Waals surface area contributed by atoms with Crippen molar-refractivity contribution in [1.82, 2.24) is 10.2 Å². The highest BCUT2D eigenvalue weighted by atomic mass is 35.6. The lowest BCUT2D eigenvalue weighted by molar-refractivity contribution is -0.122. The summed E-state index contributed by atoms with van der Waals surface area (Å²) in [6.07, 6.45) is 2.55. The molecule has 1 aliphatic heterocycles. The van der Waals surface area contributed by atoms with Crippen LogP contribution in [0.15, 0.2) is 82.3 Å². The van der Waals surface area contributed by atoms with Crippen molar-refractivity contribution >= 4 is 81.0 Å². The summed E-state index contributed by atoms with van der Waals surface area (Å²) in [6, 6.07) is 19.8.